The molecule has 0 aliphatic heterocycles. The highest BCUT2D eigenvalue weighted by Gasteiger charge is 2.52. The van der Waals surface area contributed by atoms with Crippen molar-refractivity contribution < 1.29 is 4.79 Å². The number of carbonyl (C=O) groups is 1. The topological polar surface area (TPSA) is 29.1 Å². The first-order valence-electron chi connectivity index (χ1n) is 7.31. The van der Waals surface area contributed by atoms with Crippen molar-refractivity contribution in [1.29, 1.82) is 0 Å². The van der Waals surface area contributed by atoms with Crippen LogP contribution < -0.4 is 5.32 Å². The summed E-state index contributed by atoms with van der Waals surface area (Å²) in [4.78, 5) is 12.6. The molecule has 2 aromatic rings. The summed E-state index contributed by atoms with van der Waals surface area (Å²) in [5, 5.41) is 3.70. The third-order valence-corrected chi connectivity index (χ3v) is 4.52. The van der Waals surface area contributed by atoms with Crippen LogP contribution in [0.1, 0.15) is 30.9 Å². The van der Waals surface area contributed by atoms with Crippen LogP contribution in [0.25, 0.3) is 0 Å². The Balaban J connectivity index is 1.80. The molecule has 0 radical (unpaired) electrons. The highest BCUT2D eigenvalue weighted by molar-refractivity contribution is 6.32. The summed E-state index contributed by atoms with van der Waals surface area (Å²) in [6.07, 6.45) is 2.71. The Morgan fingerprint density at radius 1 is 1.14 bits per heavy atom. The lowest BCUT2D eigenvalue weighted by molar-refractivity contribution is -0.118. The summed E-state index contributed by atoms with van der Waals surface area (Å²) < 4.78 is 0. The first-order valence-corrected chi connectivity index (χ1v) is 7.69. The zero-order chi connectivity index (χ0) is 14.9. The fraction of sp³-hybridized carbons (Fsp3) is 0.278. The number of aryl methyl sites for hydroxylation is 1. The van der Waals surface area contributed by atoms with Gasteiger partial charge in [0.25, 0.3) is 0 Å². The van der Waals surface area contributed by atoms with E-state index in [4.69, 9.17) is 11.6 Å². The third-order valence-electron chi connectivity index (χ3n) is 4.19. The van der Waals surface area contributed by atoms with E-state index in [1.165, 1.54) is 5.56 Å². The number of anilines is 1. The van der Waals surface area contributed by atoms with Gasteiger partial charge in [0.2, 0.25) is 5.91 Å². The van der Waals surface area contributed by atoms with Crippen molar-refractivity contribution in [3.63, 3.8) is 0 Å². The van der Waals surface area contributed by atoms with Crippen LogP contribution in [-0.2, 0) is 16.6 Å². The molecule has 2 nitrogen and oxygen atoms in total. The minimum absolute atomic E-state index is 0.0415. The molecule has 1 aliphatic carbocycles. The SMILES string of the molecule is CCc1ccc(NC(=O)C2(c3ccccc3Cl)CC2)cc1. The molecule has 0 aromatic heterocycles. The summed E-state index contributed by atoms with van der Waals surface area (Å²) in [5.74, 6) is 0.0415. The van der Waals surface area contributed by atoms with Gasteiger partial charge in [-0.3, -0.25) is 4.79 Å². The average molecular weight is 300 g/mol. The molecule has 1 N–H and O–H groups in total. The van der Waals surface area contributed by atoms with Crippen molar-refractivity contribution in [2.45, 2.75) is 31.6 Å². The van der Waals surface area contributed by atoms with Crippen LogP contribution in [0.2, 0.25) is 5.02 Å². The van der Waals surface area contributed by atoms with Gasteiger partial charge in [-0.05, 0) is 48.6 Å². The lowest BCUT2D eigenvalue weighted by atomic mass is 9.94. The molecule has 0 heterocycles. The van der Waals surface area contributed by atoms with Crippen LogP contribution in [0, 0.1) is 0 Å². The second kappa shape index (κ2) is 5.53. The Hall–Kier alpha value is -1.80. The molecule has 1 saturated carbocycles. The van der Waals surface area contributed by atoms with Gasteiger partial charge in [-0.15, -0.1) is 0 Å². The molecule has 0 spiro atoms. The molecule has 108 valence electrons. The Morgan fingerprint density at radius 3 is 2.38 bits per heavy atom. The quantitative estimate of drug-likeness (QED) is 0.880. The summed E-state index contributed by atoms with van der Waals surface area (Å²) in [6, 6.07) is 15.6. The van der Waals surface area contributed by atoms with Gasteiger partial charge in [0, 0.05) is 10.7 Å². The summed E-state index contributed by atoms with van der Waals surface area (Å²) in [5.41, 5.74) is 2.60. The van der Waals surface area contributed by atoms with Crippen molar-refractivity contribution in [1.82, 2.24) is 0 Å². The van der Waals surface area contributed by atoms with Crippen molar-refractivity contribution >= 4 is 23.2 Å². The van der Waals surface area contributed by atoms with Gasteiger partial charge in [0.1, 0.15) is 0 Å². The Bertz CT molecular complexity index is 659. The van der Waals surface area contributed by atoms with Gasteiger partial charge < -0.3 is 5.32 Å². The lowest BCUT2D eigenvalue weighted by Gasteiger charge is -2.17. The second-order valence-electron chi connectivity index (χ2n) is 5.57. The number of carbonyl (C=O) groups excluding carboxylic acids is 1. The molecule has 0 saturated heterocycles. The van der Waals surface area contributed by atoms with Crippen LogP contribution in [0.4, 0.5) is 5.69 Å². The Morgan fingerprint density at radius 2 is 1.81 bits per heavy atom. The van der Waals surface area contributed by atoms with Gasteiger partial charge >= 0.3 is 0 Å². The van der Waals surface area contributed by atoms with Crippen LogP contribution in [0.15, 0.2) is 48.5 Å². The predicted octanol–water partition coefficient (Wildman–Crippen LogP) is 4.57. The average Bonchev–Trinajstić information content (AvgIpc) is 3.30. The number of halogens is 1. The van der Waals surface area contributed by atoms with Crippen LogP contribution in [-0.4, -0.2) is 5.91 Å². The first-order chi connectivity index (χ1) is 10.2. The van der Waals surface area contributed by atoms with Crippen LogP contribution >= 0.6 is 11.6 Å². The van der Waals surface area contributed by atoms with E-state index in [1.54, 1.807) is 0 Å². The standard InChI is InChI=1S/C18H18ClNO/c1-2-13-7-9-14(10-8-13)20-17(21)18(11-12-18)15-5-3-4-6-16(15)19/h3-10H,2,11-12H2,1H3,(H,20,21). The number of hydrogen-bond acceptors (Lipinski definition) is 1. The molecule has 1 fully saturated rings. The minimum atomic E-state index is -0.443. The fourth-order valence-electron chi connectivity index (χ4n) is 2.67. The molecule has 0 atom stereocenters. The van der Waals surface area contributed by atoms with Crippen molar-refractivity contribution in [2.24, 2.45) is 0 Å². The van der Waals surface area contributed by atoms with Crippen LogP contribution in [0.5, 0.6) is 0 Å². The van der Waals surface area contributed by atoms with Crippen LogP contribution in [0.3, 0.4) is 0 Å². The maximum Gasteiger partial charge on any atom is 0.235 e. The van der Waals surface area contributed by atoms with E-state index >= 15 is 0 Å². The number of nitrogens with one attached hydrogen (secondary N) is 1. The Kier molecular flexibility index (Phi) is 3.73. The first kappa shape index (κ1) is 14.2. The van der Waals surface area contributed by atoms with Gasteiger partial charge in [0.05, 0.1) is 5.41 Å². The molecule has 1 amide bonds. The molecular formula is C18H18ClNO. The summed E-state index contributed by atoms with van der Waals surface area (Å²) in [6.45, 7) is 2.12. The normalized spacial score (nSPS) is 15.5. The molecule has 0 unspecified atom stereocenters. The molecule has 1 aliphatic rings. The van der Waals surface area contributed by atoms with E-state index in [9.17, 15) is 4.79 Å². The maximum atomic E-state index is 12.6. The molecule has 3 rings (SSSR count). The third kappa shape index (κ3) is 2.68. The molecule has 0 bridgehead atoms. The van der Waals surface area contributed by atoms with Crippen molar-refractivity contribution in [3.8, 4) is 0 Å². The number of benzene rings is 2. The zero-order valence-electron chi connectivity index (χ0n) is 12.0. The molecular weight excluding hydrogens is 282 g/mol. The van der Waals surface area contributed by atoms with E-state index in [1.807, 2.05) is 48.5 Å². The van der Waals surface area contributed by atoms with Gasteiger partial charge in [-0.2, -0.15) is 0 Å². The monoisotopic (exact) mass is 299 g/mol. The van der Waals surface area contributed by atoms with Gasteiger partial charge in [0.15, 0.2) is 0 Å². The minimum Gasteiger partial charge on any atom is -0.325 e. The van der Waals surface area contributed by atoms with E-state index in [0.717, 1.165) is 30.5 Å². The molecule has 2 aromatic carbocycles. The lowest BCUT2D eigenvalue weighted by Crippen LogP contribution is -2.28. The fourth-order valence-corrected chi connectivity index (χ4v) is 2.98. The van der Waals surface area contributed by atoms with E-state index < -0.39 is 5.41 Å². The largest absolute Gasteiger partial charge is 0.325 e. The maximum absolute atomic E-state index is 12.6. The Labute approximate surface area is 130 Å². The van der Waals surface area contributed by atoms with Gasteiger partial charge in [-0.1, -0.05) is 48.9 Å². The number of hydrogen-bond donors (Lipinski definition) is 1. The predicted molar refractivity (Wildman–Crippen MR) is 86.8 cm³/mol. The highest BCUT2D eigenvalue weighted by Crippen LogP contribution is 2.51. The molecule has 21 heavy (non-hydrogen) atoms. The number of rotatable bonds is 4. The second-order valence-corrected chi connectivity index (χ2v) is 5.97. The van der Waals surface area contributed by atoms with E-state index in [-0.39, 0.29) is 5.91 Å². The van der Waals surface area contributed by atoms with Crippen molar-refractivity contribution in [3.05, 3.63) is 64.7 Å². The highest BCUT2D eigenvalue weighted by atomic mass is 35.5. The molecule has 3 heteroatoms. The summed E-state index contributed by atoms with van der Waals surface area (Å²) >= 11 is 6.26. The van der Waals surface area contributed by atoms with E-state index in [2.05, 4.69) is 12.2 Å². The zero-order valence-corrected chi connectivity index (χ0v) is 12.8. The summed E-state index contributed by atoms with van der Waals surface area (Å²) in [7, 11) is 0. The number of amides is 1. The van der Waals surface area contributed by atoms with E-state index in [0.29, 0.717) is 5.02 Å². The smallest absolute Gasteiger partial charge is 0.235 e. The van der Waals surface area contributed by atoms with Crippen molar-refractivity contribution in [2.75, 3.05) is 5.32 Å². The van der Waals surface area contributed by atoms with Gasteiger partial charge in [-0.25, -0.2) is 0 Å².